The van der Waals surface area contributed by atoms with Gasteiger partial charge in [0.1, 0.15) is 11.9 Å². The lowest BCUT2D eigenvalue weighted by atomic mass is 10.1. The largest absolute Gasteiger partial charge is 0.336 e. The summed E-state index contributed by atoms with van der Waals surface area (Å²) in [6.07, 6.45) is 3.62. The van der Waals surface area contributed by atoms with Crippen molar-refractivity contribution in [2.75, 3.05) is 19.6 Å². The molecule has 1 saturated heterocycles. The summed E-state index contributed by atoms with van der Waals surface area (Å²) < 4.78 is 3.54. The van der Waals surface area contributed by atoms with E-state index in [-0.39, 0.29) is 42.6 Å². The van der Waals surface area contributed by atoms with E-state index < -0.39 is 0 Å². The molecule has 1 amide bonds. The van der Waals surface area contributed by atoms with E-state index >= 15 is 0 Å². The zero-order chi connectivity index (χ0) is 17.6. The van der Waals surface area contributed by atoms with Gasteiger partial charge in [-0.15, -0.1) is 29.9 Å². The van der Waals surface area contributed by atoms with Crippen LogP contribution in [-0.2, 0) is 7.05 Å². The van der Waals surface area contributed by atoms with Crippen molar-refractivity contribution in [3.05, 3.63) is 41.5 Å². The fraction of sp³-hybridized carbons (Fsp3) is 0.438. The van der Waals surface area contributed by atoms with E-state index in [1.807, 2.05) is 37.7 Å². The van der Waals surface area contributed by atoms with Crippen molar-refractivity contribution in [3.63, 3.8) is 0 Å². The molecule has 0 aromatic carbocycles. The van der Waals surface area contributed by atoms with Gasteiger partial charge in [-0.3, -0.25) is 4.79 Å². The Morgan fingerprint density at radius 1 is 1.26 bits per heavy atom. The summed E-state index contributed by atoms with van der Waals surface area (Å²) in [7, 11) is 1.93. The average molecular weight is 413 g/mol. The number of nitrogens with zero attached hydrogens (tertiary/aromatic N) is 7. The van der Waals surface area contributed by atoms with E-state index in [0.29, 0.717) is 18.9 Å². The molecule has 3 aromatic heterocycles. The van der Waals surface area contributed by atoms with Gasteiger partial charge >= 0.3 is 0 Å². The van der Waals surface area contributed by atoms with E-state index in [9.17, 15) is 4.79 Å². The Morgan fingerprint density at radius 3 is 2.74 bits per heavy atom. The minimum Gasteiger partial charge on any atom is -0.336 e. The number of amides is 1. The van der Waals surface area contributed by atoms with Crippen LogP contribution in [-0.4, -0.2) is 59.6 Å². The van der Waals surface area contributed by atoms with Crippen molar-refractivity contribution in [2.45, 2.75) is 19.9 Å². The summed E-state index contributed by atoms with van der Waals surface area (Å²) in [4.78, 5) is 28.0. The number of halogens is 2. The van der Waals surface area contributed by atoms with Crippen LogP contribution >= 0.6 is 24.8 Å². The number of nitrogens with one attached hydrogen (secondary N) is 1. The normalized spacial score (nSPS) is 16.7. The van der Waals surface area contributed by atoms with Gasteiger partial charge in [0, 0.05) is 50.5 Å². The molecule has 1 N–H and O–H groups in total. The number of aromatic nitrogens is 6. The van der Waals surface area contributed by atoms with Gasteiger partial charge in [0.25, 0.3) is 11.7 Å². The lowest BCUT2D eigenvalue weighted by Crippen LogP contribution is -2.49. The Bertz CT molecular complexity index is 953. The van der Waals surface area contributed by atoms with Crippen molar-refractivity contribution in [1.82, 2.24) is 39.3 Å². The number of carbonyl (C=O) groups excluding carboxylic acids is 1. The maximum absolute atomic E-state index is 13.1. The number of carbonyl (C=O) groups is 1. The number of rotatable bonds is 2. The number of imidazole rings is 1. The Balaban J connectivity index is 0.00000131. The topological polar surface area (TPSA) is 93.2 Å². The molecule has 1 aliphatic rings. The molecule has 0 spiro atoms. The first kappa shape index (κ1) is 21.1. The van der Waals surface area contributed by atoms with Crippen LogP contribution in [0.2, 0.25) is 0 Å². The molecule has 1 unspecified atom stereocenters. The van der Waals surface area contributed by atoms with E-state index in [1.54, 1.807) is 15.6 Å². The highest BCUT2D eigenvalue weighted by molar-refractivity contribution is 5.91. The highest BCUT2D eigenvalue weighted by Gasteiger charge is 2.33. The van der Waals surface area contributed by atoms with Crippen molar-refractivity contribution < 1.29 is 4.79 Å². The first-order valence-corrected chi connectivity index (χ1v) is 8.24. The molecule has 0 radical (unpaired) electrons. The van der Waals surface area contributed by atoms with Gasteiger partial charge in [0.15, 0.2) is 0 Å². The summed E-state index contributed by atoms with van der Waals surface area (Å²) in [6.45, 7) is 5.79. The molecule has 3 aromatic rings. The predicted octanol–water partition coefficient (Wildman–Crippen LogP) is 1.10. The summed E-state index contributed by atoms with van der Waals surface area (Å²) in [5.41, 5.74) is 1.75. The molecule has 11 heteroatoms. The summed E-state index contributed by atoms with van der Waals surface area (Å²) in [5, 5.41) is 7.70. The van der Waals surface area contributed by atoms with Gasteiger partial charge in [-0.05, 0) is 19.9 Å². The second-order valence-electron chi connectivity index (χ2n) is 6.30. The minimum absolute atomic E-state index is 0. The van der Waals surface area contributed by atoms with Gasteiger partial charge in [-0.25, -0.2) is 14.5 Å². The number of hydrogen-bond acceptors (Lipinski definition) is 6. The van der Waals surface area contributed by atoms with E-state index in [4.69, 9.17) is 0 Å². The predicted molar refractivity (Wildman–Crippen MR) is 105 cm³/mol. The lowest BCUT2D eigenvalue weighted by Gasteiger charge is -2.34. The Hall–Kier alpha value is -2.23. The molecule has 4 heterocycles. The van der Waals surface area contributed by atoms with Gasteiger partial charge in [0.05, 0.1) is 0 Å². The summed E-state index contributed by atoms with van der Waals surface area (Å²) in [6, 6.07) is 1.76. The first-order chi connectivity index (χ1) is 12.0. The molecular formula is C16H22Cl2N8O. The quantitative estimate of drug-likeness (QED) is 0.677. The van der Waals surface area contributed by atoms with Crippen molar-refractivity contribution in [3.8, 4) is 0 Å². The second kappa shape index (κ2) is 8.20. The molecule has 0 saturated carbocycles. The summed E-state index contributed by atoms with van der Waals surface area (Å²) in [5.74, 6) is 1.26. The monoisotopic (exact) mass is 412 g/mol. The molecule has 27 heavy (non-hydrogen) atoms. The van der Waals surface area contributed by atoms with Crippen LogP contribution < -0.4 is 5.32 Å². The standard InChI is InChI=1S/C16H20N8O.2ClH/c1-10-8-11(2)24-16(19-10)20-13(21-24)15(25)23-7-4-17-9-12(23)14-18-5-6-22(14)3;;/h5-6,8,12,17H,4,7,9H2,1-3H3;2*1H. The molecule has 0 aliphatic carbocycles. The molecule has 0 bridgehead atoms. The fourth-order valence-corrected chi connectivity index (χ4v) is 3.26. The van der Waals surface area contributed by atoms with Gasteiger partial charge in [-0.2, -0.15) is 4.98 Å². The third kappa shape index (κ3) is 3.76. The van der Waals surface area contributed by atoms with Crippen LogP contribution in [0.3, 0.4) is 0 Å². The van der Waals surface area contributed by atoms with Crippen molar-refractivity contribution in [1.29, 1.82) is 0 Å². The van der Waals surface area contributed by atoms with Crippen LogP contribution in [0, 0.1) is 13.8 Å². The zero-order valence-electron chi connectivity index (χ0n) is 15.3. The maximum Gasteiger partial charge on any atom is 0.294 e. The molecule has 4 rings (SSSR count). The van der Waals surface area contributed by atoms with E-state index in [1.165, 1.54) is 0 Å². The molecule has 1 atom stereocenters. The lowest BCUT2D eigenvalue weighted by molar-refractivity contribution is 0.0608. The fourth-order valence-electron chi connectivity index (χ4n) is 3.26. The number of hydrogen-bond donors (Lipinski definition) is 1. The Morgan fingerprint density at radius 2 is 2.04 bits per heavy atom. The molecular weight excluding hydrogens is 391 g/mol. The number of fused-ring (bicyclic) bond motifs is 1. The second-order valence-corrected chi connectivity index (χ2v) is 6.30. The van der Waals surface area contributed by atoms with Crippen LogP contribution in [0.15, 0.2) is 18.5 Å². The van der Waals surface area contributed by atoms with Crippen LogP contribution in [0.5, 0.6) is 0 Å². The maximum atomic E-state index is 13.1. The summed E-state index contributed by atoms with van der Waals surface area (Å²) >= 11 is 0. The molecule has 1 aliphatic heterocycles. The third-order valence-corrected chi connectivity index (χ3v) is 4.47. The SMILES string of the molecule is Cc1cc(C)n2nc(C(=O)N3CCNCC3c3nccn3C)nc2n1.Cl.Cl. The van der Waals surface area contributed by atoms with Crippen LogP contribution in [0.4, 0.5) is 0 Å². The van der Waals surface area contributed by atoms with Crippen LogP contribution in [0.1, 0.15) is 33.9 Å². The highest BCUT2D eigenvalue weighted by Crippen LogP contribution is 2.22. The number of aryl methyl sites for hydroxylation is 3. The molecule has 9 nitrogen and oxygen atoms in total. The first-order valence-electron chi connectivity index (χ1n) is 8.24. The minimum atomic E-state index is -0.197. The van der Waals surface area contributed by atoms with E-state index in [0.717, 1.165) is 23.8 Å². The van der Waals surface area contributed by atoms with E-state index in [2.05, 4.69) is 25.4 Å². The van der Waals surface area contributed by atoms with Crippen molar-refractivity contribution in [2.24, 2.45) is 7.05 Å². The van der Waals surface area contributed by atoms with Gasteiger partial charge in [0.2, 0.25) is 5.82 Å². The molecule has 146 valence electrons. The highest BCUT2D eigenvalue weighted by atomic mass is 35.5. The zero-order valence-corrected chi connectivity index (χ0v) is 16.9. The van der Waals surface area contributed by atoms with Gasteiger partial charge in [-0.1, -0.05) is 0 Å². The third-order valence-electron chi connectivity index (χ3n) is 4.47. The van der Waals surface area contributed by atoms with Crippen LogP contribution in [0.25, 0.3) is 5.78 Å². The van der Waals surface area contributed by atoms with Crippen molar-refractivity contribution >= 4 is 36.5 Å². The average Bonchev–Trinajstić information content (AvgIpc) is 3.20. The smallest absolute Gasteiger partial charge is 0.294 e. The van der Waals surface area contributed by atoms with Gasteiger partial charge < -0.3 is 14.8 Å². The Labute approximate surface area is 169 Å². The molecule has 1 fully saturated rings. The Kier molecular flexibility index (Phi) is 6.40. The number of piperazine rings is 1.